The third-order valence-corrected chi connectivity index (χ3v) is 5.62. The molecule has 0 bridgehead atoms. The van der Waals surface area contributed by atoms with Crippen molar-refractivity contribution in [1.29, 1.82) is 0 Å². The summed E-state index contributed by atoms with van der Waals surface area (Å²) in [4.78, 5) is 14.3. The van der Waals surface area contributed by atoms with Crippen LogP contribution in [0.2, 0.25) is 0 Å². The molecule has 3 aromatic carbocycles. The van der Waals surface area contributed by atoms with Crippen LogP contribution in [-0.4, -0.2) is 38.3 Å². The molecule has 0 radical (unpaired) electrons. The van der Waals surface area contributed by atoms with E-state index in [0.717, 1.165) is 64.5 Å². The summed E-state index contributed by atoms with van der Waals surface area (Å²) in [6, 6.07) is 14.1. The molecule has 0 spiro atoms. The van der Waals surface area contributed by atoms with Gasteiger partial charge in [-0.25, -0.2) is 4.79 Å². The van der Waals surface area contributed by atoms with Crippen LogP contribution in [-0.2, 0) is 11.3 Å². The summed E-state index contributed by atoms with van der Waals surface area (Å²) in [6.07, 6.45) is 4.24. The maximum Gasteiger partial charge on any atom is 0.410 e. The number of hydrogen-bond acceptors (Lipinski definition) is 4. The fourth-order valence-electron chi connectivity index (χ4n) is 4.17. The zero-order chi connectivity index (χ0) is 20.2. The predicted molar refractivity (Wildman–Crippen MR) is 115 cm³/mol. The lowest BCUT2D eigenvalue weighted by molar-refractivity contribution is 0.0975. The third-order valence-electron chi connectivity index (χ3n) is 5.62. The highest BCUT2D eigenvalue weighted by atomic mass is 16.6. The van der Waals surface area contributed by atoms with Crippen LogP contribution in [0.1, 0.15) is 31.2 Å². The Labute approximate surface area is 171 Å². The summed E-state index contributed by atoms with van der Waals surface area (Å²) in [6.45, 7) is 1.81. The summed E-state index contributed by atoms with van der Waals surface area (Å²) in [7, 11) is 3.37. The molecule has 1 saturated heterocycles. The van der Waals surface area contributed by atoms with Crippen molar-refractivity contribution in [3.8, 4) is 11.5 Å². The number of methoxy groups -OCH3 is 2. The molecule has 1 fully saturated rings. The number of ether oxygens (including phenoxy) is 3. The summed E-state index contributed by atoms with van der Waals surface area (Å²) < 4.78 is 17.1. The molecular formula is C24H27NO4. The molecule has 1 amide bonds. The third kappa shape index (κ3) is 3.82. The van der Waals surface area contributed by atoms with E-state index in [2.05, 4.69) is 0 Å². The maximum atomic E-state index is 12.4. The highest BCUT2D eigenvalue weighted by molar-refractivity contribution is 6.11. The minimum atomic E-state index is -0.227. The first-order valence-electron chi connectivity index (χ1n) is 10.2. The van der Waals surface area contributed by atoms with Crippen LogP contribution in [0.4, 0.5) is 4.79 Å². The number of amides is 1. The summed E-state index contributed by atoms with van der Waals surface area (Å²) in [5.74, 6) is 1.63. The van der Waals surface area contributed by atoms with Gasteiger partial charge in [-0.1, -0.05) is 49.2 Å². The quantitative estimate of drug-likeness (QED) is 0.548. The largest absolute Gasteiger partial charge is 0.495 e. The SMILES string of the molecule is COc1c2ccccc2c(OC)c2cc(COC(=O)N3CCCCCC3)ccc12. The number of hydrogen-bond donors (Lipinski definition) is 0. The monoisotopic (exact) mass is 393 g/mol. The number of rotatable bonds is 4. The van der Waals surface area contributed by atoms with Crippen molar-refractivity contribution in [3.63, 3.8) is 0 Å². The van der Waals surface area contributed by atoms with Crippen molar-refractivity contribution < 1.29 is 19.0 Å². The molecule has 0 aromatic heterocycles. The number of benzene rings is 3. The van der Waals surface area contributed by atoms with Crippen molar-refractivity contribution >= 4 is 27.6 Å². The molecule has 1 heterocycles. The molecule has 1 aliphatic heterocycles. The summed E-state index contributed by atoms with van der Waals surface area (Å²) >= 11 is 0. The van der Waals surface area contributed by atoms with E-state index in [9.17, 15) is 4.79 Å². The van der Waals surface area contributed by atoms with Crippen LogP contribution >= 0.6 is 0 Å². The molecule has 0 aliphatic carbocycles. The topological polar surface area (TPSA) is 48.0 Å². The fourth-order valence-corrected chi connectivity index (χ4v) is 4.17. The Morgan fingerprint density at radius 1 is 0.828 bits per heavy atom. The molecular weight excluding hydrogens is 366 g/mol. The predicted octanol–water partition coefficient (Wildman–Crippen LogP) is 5.52. The normalized spacial score (nSPS) is 14.6. The Balaban J connectivity index is 1.65. The number of carbonyl (C=O) groups excluding carboxylic acids is 1. The number of nitrogens with zero attached hydrogens (tertiary/aromatic N) is 1. The van der Waals surface area contributed by atoms with Gasteiger partial charge in [0.15, 0.2) is 0 Å². The molecule has 5 nitrogen and oxygen atoms in total. The van der Waals surface area contributed by atoms with Crippen LogP contribution in [0, 0.1) is 0 Å². The van der Waals surface area contributed by atoms with Crippen molar-refractivity contribution in [3.05, 3.63) is 48.0 Å². The number of likely N-dealkylation sites (tertiary alicyclic amines) is 1. The van der Waals surface area contributed by atoms with E-state index in [4.69, 9.17) is 14.2 Å². The van der Waals surface area contributed by atoms with E-state index < -0.39 is 0 Å². The van der Waals surface area contributed by atoms with Gasteiger partial charge in [-0.05, 0) is 24.5 Å². The second kappa shape index (κ2) is 8.60. The highest BCUT2D eigenvalue weighted by Crippen LogP contribution is 2.42. The van der Waals surface area contributed by atoms with Gasteiger partial charge in [-0.2, -0.15) is 0 Å². The first-order valence-corrected chi connectivity index (χ1v) is 10.2. The van der Waals surface area contributed by atoms with Crippen molar-refractivity contribution in [1.82, 2.24) is 4.90 Å². The average Bonchev–Trinajstić information content (AvgIpc) is 3.05. The van der Waals surface area contributed by atoms with Crippen LogP contribution in [0.3, 0.4) is 0 Å². The Kier molecular flexibility index (Phi) is 5.74. The second-order valence-corrected chi connectivity index (χ2v) is 7.45. The molecule has 0 N–H and O–H groups in total. The van der Waals surface area contributed by atoms with E-state index >= 15 is 0 Å². The van der Waals surface area contributed by atoms with Gasteiger partial charge in [0, 0.05) is 34.6 Å². The van der Waals surface area contributed by atoms with Crippen LogP contribution in [0.5, 0.6) is 11.5 Å². The van der Waals surface area contributed by atoms with Crippen LogP contribution in [0.25, 0.3) is 21.5 Å². The second-order valence-electron chi connectivity index (χ2n) is 7.45. The van der Waals surface area contributed by atoms with Gasteiger partial charge in [0.1, 0.15) is 18.1 Å². The van der Waals surface area contributed by atoms with Gasteiger partial charge in [-0.3, -0.25) is 0 Å². The summed E-state index contributed by atoms with van der Waals surface area (Å²) in [5.41, 5.74) is 0.927. The van der Waals surface area contributed by atoms with Gasteiger partial charge in [0.05, 0.1) is 14.2 Å². The number of carbonyl (C=O) groups is 1. The summed E-state index contributed by atoms with van der Waals surface area (Å²) in [5, 5.41) is 3.94. The fraction of sp³-hybridized carbons (Fsp3) is 0.375. The lowest BCUT2D eigenvalue weighted by atomic mass is 9.99. The molecule has 0 saturated carbocycles. The van der Waals surface area contributed by atoms with Gasteiger partial charge in [-0.15, -0.1) is 0 Å². The lowest BCUT2D eigenvalue weighted by Gasteiger charge is -2.20. The Morgan fingerprint density at radius 3 is 2.03 bits per heavy atom. The minimum Gasteiger partial charge on any atom is -0.495 e. The molecule has 0 atom stereocenters. The number of fused-ring (bicyclic) bond motifs is 2. The Bertz CT molecular complexity index is 1020. The van der Waals surface area contributed by atoms with E-state index in [0.29, 0.717) is 0 Å². The molecule has 0 unspecified atom stereocenters. The first-order chi connectivity index (χ1) is 14.2. The van der Waals surface area contributed by atoms with E-state index in [-0.39, 0.29) is 12.7 Å². The highest BCUT2D eigenvalue weighted by Gasteiger charge is 2.18. The van der Waals surface area contributed by atoms with Crippen molar-refractivity contribution in [2.45, 2.75) is 32.3 Å². The lowest BCUT2D eigenvalue weighted by Crippen LogP contribution is -2.32. The molecule has 1 aliphatic rings. The smallest absolute Gasteiger partial charge is 0.410 e. The van der Waals surface area contributed by atoms with Crippen LogP contribution in [0.15, 0.2) is 42.5 Å². The van der Waals surface area contributed by atoms with E-state index in [1.807, 2.05) is 47.4 Å². The Morgan fingerprint density at radius 2 is 1.41 bits per heavy atom. The Hall–Kier alpha value is -2.95. The van der Waals surface area contributed by atoms with E-state index in [1.54, 1.807) is 14.2 Å². The van der Waals surface area contributed by atoms with Gasteiger partial charge in [0.2, 0.25) is 0 Å². The van der Waals surface area contributed by atoms with Gasteiger partial charge < -0.3 is 19.1 Å². The molecule has 4 rings (SSSR count). The van der Waals surface area contributed by atoms with Crippen molar-refractivity contribution in [2.75, 3.05) is 27.3 Å². The molecule has 152 valence electrons. The van der Waals surface area contributed by atoms with Gasteiger partial charge >= 0.3 is 6.09 Å². The standard InChI is InChI=1S/C24H27NO4/c1-27-22-18-9-5-6-10-19(18)23(28-2)21-15-17(11-12-20(21)22)16-29-24(26)25-13-7-3-4-8-14-25/h5-6,9-12,15H,3-4,7-8,13-14,16H2,1-2H3. The maximum absolute atomic E-state index is 12.4. The zero-order valence-electron chi connectivity index (χ0n) is 17.1. The minimum absolute atomic E-state index is 0.227. The molecule has 29 heavy (non-hydrogen) atoms. The molecule has 5 heteroatoms. The average molecular weight is 393 g/mol. The van der Waals surface area contributed by atoms with E-state index in [1.165, 1.54) is 12.8 Å². The molecule has 3 aromatic rings. The van der Waals surface area contributed by atoms with Crippen molar-refractivity contribution in [2.24, 2.45) is 0 Å². The van der Waals surface area contributed by atoms with Gasteiger partial charge in [0.25, 0.3) is 0 Å². The first kappa shape index (κ1) is 19.4. The van der Waals surface area contributed by atoms with Crippen LogP contribution < -0.4 is 9.47 Å². The zero-order valence-corrected chi connectivity index (χ0v) is 17.1.